The molecule has 0 saturated heterocycles. The first kappa shape index (κ1) is 13.6. The molecule has 0 aromatic heterocycles. The van der Waals surface area contributed by atoms with Crippen LogP contribution < -0.4 is 0 Å². The lowest BCUT2D eigenvalue weighted by Crippen LogP contribution is -2.24. The highest BCUT2D eigenvalue weighted by molar-refractivity contribution is 5.32. The van der Waals surface area contributed by atoms with E-state index in [1.54, 1.807) is 44.2 Å². The molecule has 0 heterocycles. The van der Waals surface area contributed by atoms with E-state index in [9.17, 15) is 14.6 Å². The molecule has 0 bridgehead atoms. The summed E-state index contributed by atoms with van der Waals surface area (Å²) in [5, 5.41) is 19.9. The van der Waals surface area contributed by atoms with Crippen molar-refractivity contribution >= 4 is 0 Å². The van der Waals surface area contributed by atoms with E-state index in [0.29, 0.717) is 17.5 Å². The van der Waals surface area contributed by atoms with Gasteiger partial charge in [0.25, 0.3) is 0 Å². The fraction of sp³-hybridized carbons (Fsp3) is 0.250. The lowest BCUT2D eigenvalue weighted by atomic mass is 9.88. The number of hydrogen-bond donors (Lipinski definition) is 2. The molecular formula is C16H17FO2. The van der Waals surface area contributed by atoms with Crippen LogP contribution in [0.25, 0.3) is 0 Å². The molecular weight excluding hydrogens is 243 g/mol. The lowest BCUT2D eigenvalue weighted by molar-refractivity contribution is 0.0572. The van der Waals surface area contributed by atoms with Gasteiger partial charge in [-0.15, -0.1) is 0 Å². The van der Waals surface area contributed by atoms with E-state index in [4.69, 9.17) is 0 Å². The van der Waals surface area contributed by atoms with Crippen LogP contribution in [-0.4, -0.2) is 10.2 Å². The van der Waals surface area contributed by atoms with E-state index >= 15 is 0 Å². The number of aryl methyl sites for hydroxylation is 1. The Hall–Kier alpha value is -1.87. The van der Waals surface area contributed by atoms with Gasteiger partial charge in [-0.2, -0.15) is 0 Å². The summed E-state index contributed by atoms with van der Waals surface area (Å²) in [4.78, 5) is 0. The normalized spacial score (nSPS) is 14.1. The van der Waals surface area contributed by atoms with Gasteiger partial charge in [-0.05, 0) is 48.7 Å². The third-order valence-electron chi connectivity index (χ3n) is 3.25. The zero-order valence-electron chi connectivity index (χ0n) is 11.0. The van der Waals surface area contributed by atoms with Crippen LogP contribution in [0.15, 0.2) is 42.5 Å². The number of rotatable bonds is 3. The maximum absolute atomic E-state index is 13.6. The zero-order valence-corrected chi connectivity index (χ0v) is 11.0. The predicted octanol–water partition coefficient (Wildman–Crippen LogP) is 3.29. The minimum Gasteiger partial charge on any atom is -0.508 e. The summed E-state index contributed by atoms with van der Waals surface area (Å²) in [6.07, 6.45) is 0.309. The van der Waals surface area contributed by atoms with Crippen LogP contribution in [0.3, 0.4) is 0 Å². The van der Waals surface area contributed by atoms with Gasteiger partial charge in [0.05, 0.1) is 5.60 Å². The van der Waals surface area contributed by atoms with Crippen LogP contribution in [0.2, 0.25) is 0 Å². The SMILES string of the molecule is Cc1ccc(C(C)(O)Cc2cccc(O)c2)cc1F. The Labute approximate surface area is 112 Å². The van der Waals surface area contributed by atoms with Crippen LogP contribution in [0.1, 0.15) is 23.6 Å². The van der Waals surface area contributed by atoms with Crippen molar-refractivity contribution in [1.29, 1.82) is 0 Å². The Bertz CT molecular complexity index is 591. The van der Waals surface area contributed by atoms with Gasteiger partial charge in [-0.1, -0.05) is 24.3 Å². The van der Waals surface area contributed by atoms with Gasteiger partial charge >= 0.3 is 0 Å². The van der Waals surface area contributed by atoms with E-state index in [0.717, 1.165) is 5.56 Å². The number of phenols is 1. The summed E-state index contributed by atoms with van der Waals surface area (Å²) in [6, 6.07) is 11.4. The van der Waals surface area contributed by atoms with Gasteiger partial charge in [0.15, 0.2) is 0 Å². The van der Waals surface area contributed by atoms with Crippen molar-refractivity contribution in [2.75, 3.05) is 0 Å². The Morgan fingerprint density at radius 3 is 2.53 bits per heavy atom. The molecule has 0 aliphatic carbocycles. The molecule has 2 rings (SSSR count). The molecule has 3 heteroatoms. The monoisotopic (exact) mass is 260 g/mol. The number of benzene rings is 2. The second kappa shape index (κ2) is 5.02. The highest BCUT2D eigenvalue weighted by Gasteiger charge is 2.24. The quantitative estimate of drug-likeness (QED) is 0.889. The van der Waals surface area contributed by atoms with Gasteiger partial charge < -0.3 is 10.2 Å². The van der Waals surface area contributed by atoms with Crippen molar-refractivity contribution in [3.8, 4) is 5.75 Å². The molecule has 2 nitrogen and oxygen atoms in total. The summed E-state index contributed by atoms with van der Waals surface area (Å²) in [5.74, 6) is -0.169. The van der Waals surface area contributed by atoms with Crippen LogP contribution >= 0.6 is 0 Å². The number of aliphatic hydroxyl groups is 1. The molecule has 1 atom stereocenters. The minimum absolute atomic E-state index is 0.156. The molecule has 100 valence electrons. The van der Waals surface area contributed by atoms with Crippen molar-refractivity contribution in [1.82, 2.24) is 0 Å². The third kappa shape index (κ3) is 3.12. The first-order valence-electron chi connectivity index (χ1n) is 6.15. The summed E-state index contributed by atoms with van der Waals surface area (Å²) < 4.78 is 13.6. The van der Waals surface area contributed by atoms with E-state index < -0.39 is 5.60 Å². The average molecular weight is 260 g/mol. The molecule has 19 heavy (non-hydrogen) atoms. The zero-order chi connectivity index (χ0) is 14.0. The maximum Gasteiger partial charge on any atom is 0.126 e. The number of hydrogen-bond acceptors (Lipinski definition) is 2. The topological polar surface area (TPSA) is 40.5 Å². The van der Waals surface area contributed by atoms with E-state index in [-0.39, 0.29) is 11.6 Å². The standard InChI is InChI=1S/C16H17FO2/c1-11-6-7-13(9-15(11)17)16(2,19)10-12-4-3-5-14(18)8-12/h3-9,18-19H,10H2,1-2H3. The molecule has 0 aliphatic rings. The Morgan fingerprint density at radius 2 is 1.89 bits per heavy atom. The second-order valence-corrected chi connectivity index (χ2v) is 5.08. The fourth-order valence-corrected chi connectivity index (χ4v) is 2.09. The van der Waals surface area contributed by atoms with Gasteiger partial charge in [-0.25, -0.2) is 4.39 Å². The van der Waals surface area contributed by atoms with E-state index in [2.05, 4.69) is 0 Å². The first-order chi connectivity index (χ1) is 8.88. The largest absolute Gasteiger partial charge is 0.508 e. The van der Waals surface area contributed by atoms with Crippen molar-refractivity contribution in [2.24, 2.45) is 0 Å². The van der Waals surface area contributed by atoms with E-state index in [1.165, 1.54) is 6.07 Å². The summed E-state index contributed by atoms with van der Waals surface area (Å²) in [6.45, 7) is 3.32. The molecule has 2 N–H and O–H groups in total. The summed E-state index contributed by atoms with van der Waals surface area (Å²) in [5.41, 5.74) is 0.698. The molecule has 0 saturated carbocycles. The number of halogens is 1. The Kier molecular flexibility index (Phi) is 3.58. The molecule has 0 amide bonds. The van der Waals surface area contributed by atoms with Gasteiger partial charge in [-0.3, -0.25) is 0 Å². The predicted molar refractivity (Wildman–Crippen MR) is 72.5 cm³/mol. The van der Waals surface area contributed by atoms with Crippen molar-refractivity contribution < 1.29 is 14.6 Å². The van der Waals surface area contributed by atoms with Gasteiger partial charge in [0.1, 0.15) is 11.6 Å². The van der Waals surface area contributed by atoms with Crippen molar-refractivity contribution in [3.05, 3.63) is 65.0 Å². The summed E-state index contributed by atoms with van der Waals surface area (Å²) in [7, 11) is 0. The van der Waals surface area contributed by atoms with Crippen molar-refractivity contribution in [3.63, 3.8) is 0 Å². The lowest BCUT2D eigenvalue weighted by Gasteiger charge is -2.24. The highest BCUT2D eigenvalue weighted by Crippen LogP contribution is 2.27. The summed E-state index contributed by atoms with van der Waals surface area (Å²) >= 11 is 0. The van der Waals surface area contributed by atoms with Crippen LogP contribution in [0, 0.1) is 12.7 Å². The third-order valence-corrected chi connectivity index (χ3v) is 3.25. The molecule has 2 aromatic rings. The minimum atomic E-state index is -1.18. The van der Waals surface area contributed by atoms with E-state index in [1.807, 2.05) is 6.07 Å². The Balaban J connectivity index is 2.29. The van der Waals surface area contributed by atoms with Crippen LogP contribution in [0.5, 0.6) is 5.75 Å². The molecule has 0 fully saturated rings. The number of phenolic OH excluding ortho intramolecular Hbond substituents is 1. The Morgan fingerprint density at radius 1 is 1.16 bits per heavy atom. The highest BCUT2D eigenvalue weighted by atomic mass is 19.1. The van der Waals surface area contributed by atoms with Gasteiger partial charge in [0.2, 0.25) is 0 Å². The molecule has 0 radical (unpaired) electrons. The molecule has 0 aliphatic heterocycles. The maximum atomic E-state index is 13.6. The second-order valence-electron chi connectivity index (χ2n) is 5.08. The smallest absolute Gasteiger partial charge is 0.126 e. The molecule has 1 unspecified atom stereocenters. The van der Waals surface area contributed by atoms with Crippen LogP contribution in [0.4, 0.5) is 4.39 Å². The fourth-order valence-electron chi connectivity index (χ4n) is 2.09. The molecule has 0 spiro atoms. The average Bonchev–Trinajstić information content (AvgIpc) is 2.32. The first-order valence-corrected chi connectivity index (χ1v) is 6.15. The molecule has 2 aromatic carbocycles. The van der Waals surface area contributed by atoms with Crippen LogP contribution in [-0.2, 0) is 12.0 Å². The number of aromatic hydroxyl groups is 1. The van der Waals surface area contributed by atoms with Crippen molar-refractivity contribution in [2.45, 2.75) is 25.9 Å². The van der Waals surface area contributed by atoms with Gasteiger partial charge in [0, 0.05) is 6.42 Å².